The van der Waals surface area contributed by atoms with Gasteiger partial charge in [0.05, 0.1) is 11.4 Å². The lowest BCUT2D eigenvalue weighted by Gasteiger charge is -2.19. The van der Waals surface area contributed by atoms with Crippen LogP contribution in [0, 0.1) is 0 Å². The van der Waals surface area contributed by atoms with Crippen molar-refractivity contribution in [3.63, 3.8) is 0 Å². The Balaban J connectivity index is 1.07. The first-order valence-corrected chi connectivity index (χ1v) is 16.1. The molecule has 0 bridgehead atoms. The molecule has 3 N–H and O–H groups in total. The average Bonchev–Trinajstić information content (AvgIpc) is 3.88. The maximum atomic E-state index is 12.8. The summed E-state index contributed by atoms with van der Waals surface area (Å²) in [6.07, 6.45) is 1.83. The van der Waals surface area contributed by atoms with Crippen LogP contribution in [-0.2, 0) is 17.8 Å². The Hall–Kier alpha value is -5.74. The van der Waals surface area contributed by atoms with Crippen molar-refractivity contribution in [3.05, 3.63) is 88.3 Å². The van der Waals surface area contributed by atoms with Gasteiger partial charge >= 0.3 is 12.1 Å². The zero-order valence-corrected chi connectivity index (χ0v) is 27.3. The van der Waals surface area contributed by atoms with E-state index in [0.717, 1.165) is 17.4 Å². The zero-order valence-electron chi connectivity index (χ0n) is 25.7. The summed E-state index contributed by atoms with van der Waals surface area (Å²) >= 11 is 2.65. The quantitative estimate of drug-likeness (QED) is 0.146. The summed E-state index contributed by atoms with van der Waals surface area (Å²) in [6, 6.07) is 12.9. The fraction of sp³-hybridized carbons (Fsp3) is 0.188. The molecule has 5 heterocycles. The zero-order chi connectivity index (χ0) is 33.8. The minimum absolute atomic E-state index is 0.100. The van der Waals surface area contributed by atoms with E-state index in [1.165, 1.54) is 28.9 Å². The number of oxazole rings is 2. The molecule has 16 heteroatoms. The summed E-state index contributed by atoms with van der Waals surface area (Å²) in [5.41, 5.74) is 3.04. The monoisotopic (exact) mass is 685 g/mol. The van der Waals surface area contributed by atoms with E-state index in [1.807, 2.05) is 36.4 Å². The van der Waals surface area contributed by atoms with Gasteiger partial charge in [-0.1, -0.05) is 30.3 Å². The smallest absolute Gasteiger partial charge is 0.407 e. The molecule has 5 aromatic heterocycles. The van der Waals surface area contributed by atoms with Crippen LogP contribution in [0.25, 0.3) is 44.6 Å². The number of aromatic nitrogens is 5. The van der Waals surface area contributed by atoms with Gasteiger partial charge in [0.15, 0.2) is 11.4 Å². The standard InChI is InChI=1S/C32H27N7O7S2/c1-32(2,3)46-31(43)34-12-18-7-4-6-17(10-18)11-33-25(40)21-13-44-26(36-21)23-15-47-28(38-23)19-8-5-9-20(35-19)29-39-24(16-48-29)27-37-22(14-45-27)30(41)42/h4-10,13-16H,11-12H2,1-3H3,(H,33,40)(H,34,43)(H,41,42). The van der Waals surface area contributed by atoms with Gasteiger partial charge in [0, 0.05) is 23.8 Å². The minimum atomic E-state index is -1.19. The third-order valence-electron chi connectivity index (χ3n) is 6.37. The lowest BCUT2D eigenvalue weighted by molar-refractivity contribution is 0.0522. The van der Waals surface area contributed by atoms with E-state index in [9.17, 15) is 14.4 Å². The first-order chi connectivity index (χ1) is 23.0. The molecule has 244 valence electrons. The van der Waals surface area contributed by atoms with Gasteiger partial charge in [-0.25, -0.2) is 34.5 Å². The fourth-order valence-electron chi connectivity index (χ4n) is 4.25. The van der Waals surface area contributed by atoms with Crippen molar-refractivity contribution in [2.45, 2.75) is 39.5 Å². The lowest BCUT2D eigenvalue weighted by atomic mass is 10.1. The van der Waals surface area contributed by atoms with Gasteiger partial charge < -0.3 is 29.3 Å². The van der Waals surface area contributed by atoms with Crippen molar-refractivity contribution in [1.29, 1.82) is 0 Å². The number of carboxylic acid groups (broad SMARTS) is 1. The van der Waals surface area contributed by atoms with Gasteiger partial charge in [-0.15, -0.1) is 22.7 Å². The molecule has 0 saturated carbocycles. The van der Waals surface area contributed by atoms with Crippen molar-refractivity contribution in [3.8, 4) is 44.6 Å². The fourth-order valence-corrected chi connectivity index (χ4v) is 5.77. The molecule has 48 heavy (non-hydrogen) atoms. The van der Waals surface area contributed by atoms with Gasteiger partial charge in [0.1, 0.15) is 39.5 Å². The Labute approximate surface area is 280 Å². The summed E-state index contributed by atoms with van der Waals surface area (Å²) in [6.45, 7) is 5.92. The number of alkyl carbamates (subject to hydrolysis) is 1. The molecule has 0 fully saturated rings. The van der Waals surface area contributed by atoms with E-state index >= 15 is 0 Å². The topological polar surface area (TPSA) is 195 Å². The Morgan fingerprint density at radius 3 is 1.85 bits per heavy atom. The van der Waals surface area contributed by atoms with E-state index in [4.69, 9.17) is 23.7 Å². The van der Waals surface area contributed by atoms with Crippen molar-refractivity contribution in [2.75, 3.05) is 0 Å². The number of nitrogens with zero attached hydrogens (tertiary/aromatic N) is 5. The number of rotatable bonds is 10. The number of carbonyl (C=O) groups is 3. The van der Waals surface area contributed by atoms with Gasteiger partial charge in [-0.2, -0.15) is 0 Å². The van der Waals surface area contributed by atoms with Crippen molar-refractivity contribution in [1.82, 2.24) is 35.6 Å². The number of ether oxygens (including phenoxy) is 1. The summed E-state index contributed by atoms with van der Waals surface area (Å²) in [5.74, 6) is -1.31. The average molecular weight is 686 g/mol. The number of benzene rings is 1. The third-order valence-corrected chi connectivity index (χ3v) is 8.10. The summed E-state index contributed by atoms with van der Waals surface area (Å²) in [4.78, 5) is 58.0. The van der Waals surface area contributed by atoms with Crippen LogP contribution in [-0.4, -0.2) is 53.6 Å². The molecule has 0 spiro atoms. The van der Waals surface area contributed by atoms with Crippen LogP contribution in [0.5, 0.6) is 0 Å². The number of amides is 2. The number of pyridine rings is 1. The number of hydrogen-bond acceptors (Lipinski definition) is 13. The van der Waals surface area contributed by atoms with E-state index in [2.05, 4.69) is 30.6 Å². The number of carboxylic acids is 1. The Morgan fingerprint density at radius 1 is 0.750 bits per heavy atom. The number of nitrogens with one attached hydrogen (secondary N) is 2. The number of carbonyl (C=O) groups excluding carboxylic acids is 2. The molecule has 0 aliphatic carbocycles. The molecular weight excluding hydrogens is 659 g/mol. The van der Waals surface area contributed by atoms with E-state index < -0.39 is 23.6 Å². The van der Waals surface area contributed by atoms with Gasteiger partial charge in [-0.3, -0.25) is 4.79 Å². The highest BCUT2D eigenvalue weighted by atomic mass is 32.1. The van der Waals surface area contributed by atoms with Crippen molar-refractivity contribution in [2.24, 2.45) is 0 Å². The number of aromatic carboxylic acids is 1. The molecule has 2 amide bonds. The second-order valence-corrected chi connectivity index (χ2v) is 12.9. The molecule has 6 rings (SSSR count). The van der Waals surface area contributed by atoms with Crippen LogP contribution in [0.3, 0.4) is 0 Å². The van der Waals surface area contributed by atoms with Crippen LogP contribution < -0.4 is 10.6 Å². The summed E-state index contributed by atoms with van der Waals surface area (Å²) in [5, 5.41) is 19.3. The second-order valence-electron chi connectivity index (χ2n) is 11.2. The van der Waals surface area contributed by atoms with Crippen LogP contribution >= 0.6 is 22.7 Å². The maximum Gasteiger partial charge on any atom is 0.407 e. The first-order valence-electron chi connectivity index (χ1n) is 14.4. The van der Waals surface area contributed by atoms with Gasteiger partial charge in [0.25, 0.3) is 5.91 Å². The molecule has 1 aromatic carbocycles. The summed E-state index contributed by atoms with van der Waals surface area (Å²) < 4.78 is 16.1. The predicted octanol–water partition coefficient (Wildman–Crippen LogP) is 6.29. The molecule has 0 aliphatic rings. The van der Waals surface area contributed by atoms with Crippen LogP contribution in [0.15, 0.2) is 74.6 Å². The highest BCUT2D eigenvalue weighted by Gasteiger charge is 2.19. The van der Waals surface area contributed by atoms with Crippen molar-refractivity contribution < 1.29 is 33.1 Å². The molecule has 0 atom stereocenters. The molecule has 0 radical (unpaired) electrons. The van der Waals surface area contributed by atoms with E-state index in [-0.39, 0.29) is 36.3 Å². The molecule has 0 saturated heterocycles. The second kappa shape index (κ2) is 13.5. The third kappa shape index (κ3) is 7.79. The Kier molecular flexibility index (Phi) is 9.09. The molecular formula is C32H27N7O7S2. The number of thiazole rings is 2. The Morgan fingerprint density at radius 2 is 1.29 bits per heavy atom. The van der Waals surface area contributed by atoms with E-state index in [1.54, 1.807) is 37.6 Å². The highest BCUT2D eigenvalue weighted by Crippen LogP contribution is 2.31. The normalized spacial score (nSPS) is 11.3. The predicted molar refractivity (Wildman–Crippen MR) is 175 cm³/mol. The maximum absolute atomic E-state index is 12.8. The highest BCUT2D eigenvalue weighted by molar-refractivity contribution is 7.13. The van der Waals surface area contributed by atoms with E-state index in [0.29, 0.717) is 32.8 Å². The number of hydrogen-bond donors (Lipinski definition) is 3. The molecule has 6 aromatic rings. The SMILES string of the molecule is CC(C)(C)OC(=O)NCc1cccc(CNC(=O)c2coc(-c3csc(-c4cccc(-c5nc(-c6nc(C(=O)O)co6)cs5)n4)n3)n2)c1. The molecule has 0 unspecified atom stereocenters. The van der Waals surface area contributed by atoms with Gasteiger partial charge in [-0.05, 0) is 44.0 Å². The van der Waals surface area contributed by atoms with Gasteiger partial charge in [0.2, 0.25) is 11.8 Å². The largest absolute Gasteiger partial charge is 0.476 e. The Bertz CT molecular complexity index is 2110. The van der Waals surface area contributed by atoms with Crippen LogP contribution in [0.2, 0.25) is 0 Å². The first kappa shape index (κ1) is 32.2. The van der Waals surface area contributed by atoms with Crippen molar-refractivity contribution >= 4 is 40.6 Å². The molecule has 14 nitrogen and oxygen atoms in total. The van der Waals surface area contributed by atoms with Crippen LogP contribution in [0.1, 0.15) is 52.9 Å². The minimum Gasteiger partial charge on any atom is -0.476 e. The summed E-state index contributed by atoms with van der Waals surface area (Å²) in [7, 11) is 0. The lowest BCUT2D eigenvalue weighted by Crippen LogP contribution is -2.32. The molecule has 0 aliphatic heterocycles. The van der Waals surface area contributed by atoms with Crippen LogP contribution in [0.4, 0.5) is 4.79 Å².